The number of rotatable bonds is 10. The van der Waals surface area contributed by atoms with E-state index >= 15 is 0 Å². The smallest absolute Gasteiger partial charge is 0.264 e. The number of benzene rings is 3. The van der Waals surface area contributed by atoms with Crippen LogP contribution in [0.2, 0.25) is 5.02 Å². The van der Waals surface area contributed by atoms with Gasteiger partial charge < -0.3 is 5.32 Å². The lowest BCUT2D eigenvalue weighted by Crippen LogP contribution is -2.41. The van der Waals surface area contributed by atoms with Crippen molar-refractivity contribution in [1.82, 2.24) is 5.32 Å². The largest absolute Gasteiger partial charge is 0.354 e. The average molecular weight is 517 g/mol. The maximum Gasteiger partial charge on any atom is 0.264 e. The maximum absolute atomic E-state index is 13.4. The van der Waals surface area contributed by atoms with Crippen LogP contribution in [0.25, 0.3) is 0 Å². The number of nitrogens with one attached hydrogen (secondary N) is 1. The minimum atomic E-state index is -3.96. The standard InChI is InChI=1S/C26H29ClN2O3S2/c1-19-5-4-6-22(15-19)18-33-14-13-28-26(30)17-29(24-10-7-20(2)21(3)16-24)34(31,32)25-11-8-23(27)9-12-25/h4-12,15-16H,13-14,17-18H2,1-3H3,(H,28,30). The summed E-state index contributed by atoms with van der Waals surface area (Å²) in [6.07, 6.45) is 0. The molecule has 8 heteroatoms. The highest BCUT2D eigenvalue weighted by Crippen LogP contribution is 2.26. The fourth-order valence-corrected chi connectivity index (χ4v) is 5.72. The number of sulfonamides is 1. The number of amides is 1. The third kappa shape index (κ3) is 7.01. The Morgan fingerprint density at radius 2 is 1.71 bits per heavy atom. The van der Waals surface area contributed by atoms with E-state index in [4.69, 9.17) is 11.6 Å². The highest BCUT2D eigenvalue weighted by atomic mass is 35.5. The number of thioether (sulfide) groups is 1. The van der Waals surface area contributed by atoms with Gasteiger partial charge in [-0.1, -0.05) is 47.5 Å². The fraction of sp³-hybridized carbons (Fsp3) is 0.269. The van der Waals surface area contributed by atoms with E-state index in [9.17, 15) is 13.2 Å². The van der Waals surface area contributed by atoms with E-state index in [1.54, 1.807) is 23.9 Å². The number of anilines is 1. The fourth-order valence-electron chi connectivity index (χ4n) is 3.37. The topological polar surface area (TPSA) is 66.5 Å². The molecular weight excluding hydrogens is 488 g/mol. The number of carbonyl (C=O) groups excluding carboxylic acids is 1. The van der Waals surface area contributed by atoms with Crippen LogP contribution in [-0.2, 0) is 20.6 Å². The lowest BCUT2D eigenvalue weighted by atomic mass is 10.1. The first-order valence-corrected chi connectivity index (χ1v) is 13.9. The van der Waals surface area contributed by atoms with Gasteiger partial charge in [0.05, 0.1) is 10.6 Å². The average Bonchev–Trinajstić information content (AvgIpc) is 2.79. The van der Waals surface area contributed by atoms with E-state index in [0.29, 0.717) is 17.3 Å². The van der Waals surface area contributed by atoms with Crippen molar-refractivity contribution in [1.29, 1.82) is 0 Å². The zero-order valence-corrected chi connectivity index (χ0v) is 21.9. The van der Waals surface area contributed by atoms with E-state index in [1.165, 1.54) is 35.4 Å². The van der Waals surface area contributed by atoms with Gasteiger partial charge in [-0.3, -0.25) is 9.10 Å². The quantitative estimate of drug-likeness (QED) is 0.361. The Balaban J connectivity index is 1.67. The minimum Gasteiger partial charge on any atom is -0.354 e. The summed E-state index contributed by atoms with van der Waals surface area (Å²) in [5.41, 5.74) is 4.90. The van der Waals surface area contributed by atoms with Gasteiger partial charge in [-0.05, 0) is 73.9 Å². The molecular formula is C26H29ClN2O3S2. The van der Waals surface area contributed by atoms with Gasteiger partial charge in [0.2, 0.25) is 5.91 Å². The Hall–Kier alpha value is -2.48. The van der Waals surface area contributed by atoms with Crippen molar-refractivity contribution < 1.29 is 13.2 Å². The molecule has 5 nitrogen and oxygen atoms in total. The van der Waals surface area contributed by atoms with Crippen LogP contribution in [-0.4, -0.2) is 33.2 Å². The molecule has 0 aliphatic heterocycles. The molecule has 0 aliphatic rings. The zero-order chi connectivity index (χ0) is 24.7. The molecule has 34 heavy (non-hydrogen) atoms. The molecule has 180 valence electrons. The molecule has 0 aliphatic carbocycles. The molecule has 1 amide bonds. The number of aryl methyl sites for hydroxylation is 3. The Morgan fingerprint density at radius 1 is 0.971 bits per heavy atom. The Kier molecular flexibility index (Phi) is 9.05. The van der Waals surface area contributed by atoms with Crippen LogP contribution in [0.5, 0.6) is 0 Å². The SMILES string of the molecule is Cc1cccc(CSCCNC(=O)CN(c2ccc(C)c(C)c2)S(=O)(=O)c2ccc(Cl)cc2)c1. The molecule has 0 heterocycles. The summed E-state index contributed by atoms with van der Waals surface area (Å²) in [6.45, 7) is 6.08. The number of carbonyl (C=O) groups is 1. The Labute approximate surface area is 211 Å². The third-order valence-corrected chi connectivity index (χ3v) is 8.46. The third-order valence-electron chi connectivity index (χ3n) is 5.39. The molecule has 1 N–H and O–H groups in total. The van der Waals surface area contributed by atoms with Gasteiger partial charge in [0.1, 0.15) is 6.54 Å². The molecule has 0 spiro atoms. The summed E-state index contributed by atoms with van der Waals surface area (Å²) in [5, 5.41) is 3.29. The van der Waals surface area contributed by atoms with Gasteiger partial charge in [0.25, 0.3) is 10.0 Å². The van der Waals surface area contributed by atoms with E-state index < -0.39 is 10.0 Å². The van der Waals surface area contributed by atoms with Crippen molar-refractivity contribution in [2.24, 2.45) is 0 Å². The number of hydrogen-bond acceptors (Lipinski definition) is 4. The summed E-state index contributed by atoms with van der Waals surface area (Å²) in [6, 6.07) is 19.6. The van der Waals surface area contributed by atoms with Gasteiger partial charge in [0.15, 0.2) is 0 Å². The van der Waals surface area contributed by atoms with Crippen molar-refractivity contribution in [3.63, 3.8) is 0 Å². The summed E-state index contributed by atoms with van der Waals surface area (Å²) < 4.78 is 28.0. The van der Waals surface area contributed by atoms with Crippen molar-refractivity contribution in [3.8, 4) is 0 Å². The first kappa shape index (κ1) is 26.1. The molecule has 0 saturated carbocycles. The van der Waals surface area contributed by atoms with Crippen molar-refractivity contribution in [3.05, 3.63) is 94.0 Å². The van der Waals surface area contributed by atoms with Gasteiger partial charge in [-0.2, -0.15) is 11.8 Å². The van der Waals surface area contributed by atoms with Crippen molar-refractivity contribution in [2.45, 2.75) is 31.4 Å². The number of halogens is 1. The normalized spacial score (nSPS) is 11.3. The molecule has 0 radical (unpaired) electrons. The second-order valence-corrected chi connectivity index (χ2v) is 11.5. The summed E-state index contributed by atoms with van der Waals surface area (Å²) in [4.78, 5) is 12.8. The van der Waals surface area contributed by atoms with Crippen LogP contribution in [0.3, 0.4) is 0 Å². The summed E-state index contributed by atoms with van der Waals surface area (Å²) in [5.74, 6) is 1.23. The van der Waals surface area contributed by atoms with Crippen LogP contribution in [0, 0.1) is 20.8 Å². The molecule has 0 fully saturated rings. The first-order valence-electron chi connectivity index (χ1n) is 10.9. The van der Waals surface area contributed by atoms with Crippen LogP contribution >= 0.6 is 23.4 Å². The number of hydrogen-bond donors (Lipinski definition) is 1. The molecule has 0 bridgehead atoms. The van der Waals surface area contributed by atoms with Gasteiger partial charge in [0, 0.05) is 23.1 Å². The Morgan fingerprint density at radius 3 is 2.38 bits per heavy atom. The van der Waals surface area contributed by atoms with Gasteiger partial charge in [-0.25, -0.2) is 8.42 Å². The molecule has 3 rings (SSSR count). The lowest BCUT2D eigenvalue weighted by Gasteiger charge is -2.25. The molecule has 0 unspecified atom stereocenters. The highest BCUT2D eigenvalue weighted by Gasteiger charge is 2.27. The maximum atomic E-state index is 13.4. The van der Waals surface area contributed by atoms with E-state index in [0.717, 1.165) is 26.9 Å². The number of nitrogens with zero attached hydrogens (tertiary/aromatic N) is 1. The van der Waals surface area contributed by atoms with Crippen molar-refractivity contribution in [2.75, 3.05) is 23.1 Å². The van der Waals surface area contributed by atoms with Gasteiger partial charge in [-0.15, -0.1) is 0 Å². The first-order chi connectivity index (χ1) is 16.2. The second-order valence-electron chi connectivity index (χ2n) is 8.13. The molecule has 3 aromatic rings. The van der Waals surface area contributed by atoms with Gasteiger partial charge >= 0.3 is 0 Å². The van der Waals surface area contributed by atoms with Crippen LogP contribution in [0.4, 0.5) is 5.69 Å². The van der Waals surface area contributed by atoms with Crippen LogP contribution in [0.15, 0.2) is 71.6 Å². The second kappa shape index (κ2) is 11.8. The van der Waals surface area contributed by atoms with E-state index in [-0.39, 0.29) is 17.3 Å². The predicted molar refractivity (Wildman–Crippen MR) is 142 cm³/mol. The highest BCUT2D eigenvalue weighted by molar-refractivity contribution is 7.98. The monoisotopic (exact) mass is 516 g/mol. The predicted octanol–water partition coefficient (Wildman–Crippen LogP) is 5.51. The van der Waals surface area contributed by atoms with Crippen LogP contribution < -0.4 is 9.62 Å². The zero-order valence-electron chi connectivity index (χ0n) is 19.5. The minimum absolute atomic E-state index is 0.0802. The van der Waals surface area contributed by atoms with Crippen molar-refractivity contribution >= 4 is 45.0 Å². The summed E-state index contributed by atoms with van der Waals surface area (Å²) in [7, 11) is -3.96. The van der Waals surface area contributed by atoms with E-state index in [1.807, 2.05) is 26.0 Å². The van der Waals surface area contributed by atoms with Crippen LogP contribution in [0.1, 0.15) is 22.3 Å². The van der Waals surface area contributed by atoms with E-state index in [2.05, 4.69) is 30.4 Å². The molecule has 3 aromatic carbocycles. The lowest BCUT2D eigenvalue weighted by molar-refractivity contribution is -0.119. The molecule has 0 atom stereocenters. The molecule has 0 saturated heterocycles. The summed E-state index contributed by atoms with van der Waals surface area (Å²) >= 11 is 7.66. The molecule has 0 aromatic heterocycles. The Bertz CT molecular complexity index is 1250.